The summed E-state index contributed by atoms with van der Waals surface area (Å²) < 4.78 is 15.1. The zero-order valence-corrected chi connectivity index (χ0v) is 13.7. The number of aryl methyl sites for hydroxylation is 1. The molecular weight excluding hydrogens is 307 g/mol. The molecule has 6 heteroatoms. The number of anilines is 1. The summed E-state index contributed by atoms with van der Waals surface area (Å²) >= 11 is 0. The zero-order valence-electron chi connectivity index (χ0n) is 13.7. The molecule has 1 fully saturated rings. The summed E-state index contributed by atoms with van der Waals surface area (Å²) in [5.74, 6) is 0.753. The lowest BCUT2D eigenvalue weighted by atomic mass is 9.81. The number of nitrogens with zero attached hydrogens (tertiary/aromatic N) is 3. The molecule has 2 aromatic rings. The normalized spacial score (nSPS) is 20.8. The van der Waals surface area contributed by atoms with Gasteiger partial charge in [0.1, 0.15) is 11.5 Å². The van der Waals surface area contributed by atoms with Crippen LogP contribution >= 0.6 is 0 Å². The Labute approximate surface area is 140 Å². The minimum absolute atomic E-state index is 0.0149. The molecule has 5 nitrogen and oxygen atoms in total. The number of likely N-dealkylation sites (tertiary alicyclic amines) is 1. The van der Waals surface area contributed by atoms with Crippen molar-refractivity contribution in [2.75, 3.05) is 25.0 Å². The highest BCUT2D eigenvalue weighted by Gasteiger charge is 2.33. The van der Waals surface area contributed by atoms with Crippen molar-refractivity contribution < 1.29 is 9.18 Å². The van der Waals surface area contributed by atoms with Gasteiger partial charge in [-0.05, 0) is 36.5 Å². The molecule has 0 aliphatic carbocycles. The summed E-state index contributed by atoms with van der Waals surface area (Å²) in [6, 6.07) is 5.02. The summed E-state index contributed by atoms with van der Waals surface area (Å²) in [6.45, 7) is 2.37. The maximum atomic E-state index is 13.3. The van der Waals surface area contributed by atoms with Crippen molar-refractivity contribution in [1.29, 1.82) is 0 Å². The number of amides is 1. The number of hydrogen-bond acceptors (Lipinski definition) is 3. The summed E-state index contributed by atoms with van der Waals surface area (Å²) in [5.41, 5.74) is 2.65. The van der Waals surface area contributed by atoms with Crippen LogP contribution in [0.5, 0.6) is 0 Å². The van der Waals surface area contributed by atoms with Crippen molar-refractivity contribution in [1.82, 2.24) is 14.5 Å². The minimum Gasteiger partial charge on any atom is -0.384 e. The number of benzene rings is 1. The van der Waals surface area contributed by atoms with Crippen molar-refractivity contribution in [3.05, 3.63) is 47.8 Å². The van der Waals surface area contributed by atoms with Crippen molar-refractivity contribution >= 4 is 11.6 Å². The highest BCUT2D eigenvalue weighted by molar-refractivity contribution is 5.92. The van der Waals surface area contributed by atoms with Crippen LogP contribution in [0.3, 0.4) is 0 Å². The van der Waals surface area contributed by atoms with Crippen LogP contribution in [0.1, 0.15) is 34.8 Å². The number of fused-ring (bicyclic) bond motifs is 1. The Morgan fingerprint density at radius 1 is 1.33 bits per heavy atom. The molecule has 24 heavy (non-hydrogen) atoms. The van der Waals surface area contributed by atoms with Crippen LogP contribution in [-0.4, -0.2) is 40.0 Å². The van der Waals surface area contributed by atoms with E-state index in [1.54, 1.807) is 29.2 Å². The number of carbonyl (C=O) groups is 1. The van der Waals surface area contributed by atoms with Crippen molar-refractivity contribution in [3.8, 4) is 0 Å². The molecule has 2 aliphatic heterocycles. The van der Waals surface area contributed by atoms with Gasteiger partial charge in [0.25, 0.3) is 5.91 Å². The molecule has 0 spiro atoms. The third kappa shape index (κ3) is 2.66. The smallest absolute Gasteiger partial charge is 0.274 e. The first-order valence-corrected chi connectivity index (χ1v) is 8.42. The molecule has 1 amide bonds. The van der Waals surface area contributed by atoms with E-state index in [-0.39, 0.29) is 11.7 Å². The fourth-order valence-electron chi connectivity index (χ4n) is 3.95. The second kappa shape index (κ2) is 5.92. The first-order chi connectivity index (χ1) is 11.6. The Kier molecular flexibility index (Phi) is 3.75. The van der Waals surface area contributed by atoms with Gasteiger partial charge in [-0.2, -0.15) is 0 Å². The van der Waals surface area contributed by atoms with E-state index in [0.717, 1.165) is 38.2 Å². The van der Waals surface area contributed by atoms with E-state index in [0.29, 0.717) is 17.5 Å². The molecule has 1 N–H and O–H groups in total. The van der Waals surface area contributed by atoms with Crippen molar-refractivity contribution in [3.63, 3.8) is 0 Å². The maximum absolute atomic E-state index is 13.3. The highest BCUT2D eigenvalue weighted by atomic mass is 19.1. The van der Waals surface area contributed by atoms with Gasteiger partial charge in [0.15, 0.2) is 0 Å². The second-order valence-electron chi connectivity index (χ2n) is 6.77. The van der Waals surface area contributed by atoms with Crippen LogP contribution < -0.4 is 5.32 Å². The van der Waals surface area contributed by atoms with Gasteiger partial charge in [-0.15, -0.1) is 0 Å². The number of nitrogens with one attached hydrogen (secondary N) is 1. The molecular formula is C18H21FN4O. The van der Waals surface area contributed by atoms with Crippen LogP contribution in [0.15, 0.2) is 30.7 Å². The van der Waals surface area contributed by atoms with Crippen LogP contribution in [0.2, 0.25) is 0 Å². The van der Waals surface area contributed by atoms with Gasteiger partial charge in [0.05, 0.1) is 6.33 Å². The Bertz CT molecular complexity index is 764. The van der Waals surface area contributed by atoms with Crippen molar-refractivity contribution in [2.24, 2.45) is 13.0 Å². The van der Waals surface area contributed by atoms with Gasteiger partial charge in [-0.1, -0.05) is 6.07 Å². The zero-order chi connectivity index (χ0) is 16.7. The standard InChI is InChI=1S/C18H21FN4O/c1-22-10-17(21-11-22)18(24)23-6-4-12(5-7-23)15-9-20-16-8-13(19)2-3-14(15)16/h2-3,8,10-12,15,20H,4-7,9H2,1H3. The second-order valence-corrected chi connectivity index (χ2v) is 6.77. The van der Waals surface area contributed by atoms with E-state index in [2.05, 4.69) is 10.3 Å². The van der Waals surface area contributed by atoms with Gasteiger partial charge >= 0.3 is 0 Å². The topological polar surface area (TPSA) is 50.2 Å². The minimum atomic E-state index is -0.197. The third-order valence-corrected chi connectivity index (χ3v) is 5.25. The van der Waals surface area contributed by atoms with Crippen LogP contribution in [0.4, 0.5) is 10.1 Å². The molecule has 0 saturated carbocycles. The van der Waals surface area contributed by atoms with Crippen LogP contribution in [0.25, 0.3) is 0 Å². The first kappa shape index (κ1) is 15.2. The number of piperidine rings is 1. The van der Waals surface area contributed by atoms with E-state index < -0.39 is 0 Å². The molecule has 1 aromatic heterocycles. The lowest BCUT2D eigenvalue weighted by Crippen LogP contribution is -2.40. The fraction of sp³-hybridized carbons (Fsp3) is 0.444. The van der Waals surface area contributed by atoms with Crippen molar-refractivity contribution in [2.45, 2.75) is 18.8 Å². The summed E-state index contributed by atoms with van der Waals surface area (Å²) in [4.78, 5) is 18.5. The Hall–Kier alpha value is -2.37. The highest BCUT2D eigenvalue weighted by Crippen LogP contribution is 2.40. The lowest BCUT2D eigenvalue weighted by molar-refractivity contribution is 0.0675. The average Bonchev–Trinajstić information content (AvgIpc) is 3.20. The molecule has 4 rings (SSSR count). The number of imidazole rings is 1. The third-order valence-electron chi connectivity index (χ3n) is 5.25. The van der Waals surface area contributed by atoms with Crippen LogP contribution in [0, 0.1) is 11.7 Å². The van der Waals surface area contributed by atoms with Gasteiger partial charge in [-0.3, -0.25) is 4.79 Å². The molecule has 1 unspecified atom stereocenters. The molecule has 0 radical (unpaired) electrons. The predicted molar refractivity (Wildman–Crippen MR) is 89.5 cm³/mol. The largest absolute Gasteiger partial charge is 0.384 e. The fourth-order valence-corrected chi connectivity index (χ4v) is 3.95. The number of aromatic nitrogens is 2. The van der Waals surface area contributed by atoms with Gasteiger partial charge in [-0.25, -0.2) is 9.37 Å². The monoisotopic (exact) mass is 328 g/mol. The molecule has 0 bridgehead atoms. The summed E-state index contributed by atoms with van der Waals surface area (Å²) in [5, 5.41) is 3.32. The lowest BCUT2D eigenvalue weighted by Gasteiger charge is -2.34. The molecule has 1 aromatic carbocycles. The number of halogens is 1. The first-order valence-electron chi connectivity index (χ1n) is 8.42. The molecule has 3 heterocycles. The average molecular weight is 328 g/mol. The molecule has 1 saturated heterocycles. The molecule has 1 atom stereocenters. The van der Waals surface area contributed by atoms with Crippen LogP contribution in [-0.2, 0) is 7.05 Å². The Morgan fingerprint density at radius 2 is 2.12 bits per heavy atom. The van der Waals surface area contributed by atoms with E-state index in [9.17, 15) is 9.18 Å². The van der Waals surface area contributed by atoms with E-state index >= 15 is 0 Å². The van der Waals surface area contributed by atoms with E-state index in [4.69, 9.17) is 0 Å². The Balaban J connectivity index is 1.41. The predicted octanol–water partition coefficient (Wildman–Crippen LogP) is 2.62. The molecule has 2 aliphatic rings. The van der Waals surface area contributed by atoms with Gasteiger partial charge < -0.3 is 14.8 Å². The summed E-state index contributed by atoms with van der Waals surface area (Å²) in [7, 11) is 1.86. The number of carbonyl (C=O) groups excluding carboxylic acids is 1. The SMILES string of the molecule is Cn1cnc(C(=O)N2CCC(C3CNc4cc(F)ccc43)CC2)c1. The Morgan fingerprint density at radius 3 is 2.83 bits per heavy atom. The van der Waals surface area contributed by atoms with E-state index in [1.165, 1.54) is 5.56 Å². The maximum Gasteiger partial charge on any atom is 0.274 e. The summed E-state index contributed by atoms with van der Waals surface area (Å²) in [6.07, 6.45) is 5.36. The molecule has 126 valence electrons. The number of hydrogen-bond donors (Lipinski definition) is 1. The van der Waals surface area contributed by atoms with Gasteiger partial charge in [0.2, 0.25) is 0 Å². The number of rotatable bonds is 2. The van der Waals surface area contributed by atoms with E-state index in [1.807, 2.05) is 18.0 Å². The quantitative estimate of drug-likeness (QED) is 0.922. The van der Waals surface area contributed by atoms with Gasteiger partial charge in [0, 0.05) is 44.5 Å².